The molecular weight excluding hydrogens is 108 g/mol. The summed E-state index contributed by atoms with van der Waals surface area (Å²) in [6.45, 7) is 1.85. The molecule has 0 aliphatic heterocycles. The highest BCUT2D eigenvalue weighted by molar-refractivity contribution is 7.78. The maximum absolute atomic E-state index is 5.07. The van der Waals surface area contributed by atoms with E-state index in [0.717, 1.165) is 5.57 Å². The molecule has 0 aromatic heterocycles. The van der Waals surface area contributed by atoms with Crippen molar-refractivity contribution < 1.29 is 0 Å². The summed E-state index contributed by atoms with van der Waals surface area (Å²) in [7, 11) is 0. The normalized spacial score (nSPS) is 13.1. The summed E-state index contributed by atoms with van der Waals surface area (Å²) < 4.78 is 3.43. The number of allylic oxidation sites excluding steroid dienone is 1. The Kier molecular flexibility index (Phi) is 3.50. The number of nitrogens with two attached hydrogens (primary N) is 1. The molecule has 0 radical (unpaired) electrons. The molecule has 0 saturated heterocycles. The van der Waals surface area contributed by atoms with Crippen LogP contribution < -0.4 is 5.73 Å². The SMILES string of the molecule is CC(C=NS)=CN. The van der Waals surface area contributed by atoms with Crippen LogP contribution in [0.1, 0.15) is 6.92 Å². The molecule has 0 fully saturated rings. The van der Waals surface area contributed by atoms with Gasteiger partial charge in [-0.3, -0.25) is 0 Å². The smallest absolute Gasteiger partial charge is 0.0391 e. The molecule has 2 N–H and O–H groups in total. The average molecular weight is 116 g/mol. The zero-order valence-corrected chi connectivity index (χ0v) is 5.02. The monoisotopic (exact) mass is 116 g/mol. The fourth-order valence-corrected chi connectivity index (χ4v) is 0.316. The second-order valence-electron chi connectivity index (χ2n) is 1.16. The van der Waals surface area contributed by atoms with Gasteiger partial charge < -0.3 is 5.73 Å². The van der Waals surface area contributed by atoms with Crippen molar-refractivity contribution in [2.45, 2.75) is 6.92 Å². The maximum atomic E-state index is 5.07. The summed E-state index contributed by atoms with van der Waals surface area (Å²) in [5.74, 6) is 0. The lowest BCUT2D eigenvalue weighted by Gasteiger charge is -1.80. The van der Waals surface area contributed by atoms with E-state index in [9.17, 15) is 0 Å². The molecule has 0 aliphatic carbocycles. The van der Waals surface area contributed by atoms with E-state index in [1.807, 2.05) is 6.92 Å². The Hall–Kier alpha value is -0.440. The third kappa shape index (κ3) is 3.39. The molecule has 0 saturated carbocycles. The van der Waals surface area contributed by atoms with Gasteiger partial charge in [-0.15, -0.1) is 0 Å². The molecule has 0 bridgehead atoms. The Balaban J connectivity index is 3.58. The molecule has 0 aromatic carbocycles. The van der Waals surface area contributed by atoms with Gasteiger partial charge in [-0.05, 0) is 31.5 Å². The van der Waals surface area contributed by atoms with E-state index in [1.165, 1.54) is 6.20 Å². The summed E-state index contributed by atoms with van der Waals surface area (Å²) in [5, 5.41) is 0. The van der Waals surface area contributed by atoms with Crippen molar-refractivity contribution in [1.29, 1.82) is 0 Å². The van der Waals surface area contributed by atoms with Gasteiger partial charge in [0, 0.05) is 6.21 Å². The van der Waals surface area contributed by atoms with Crippen LogP contribution in [0.3, 0.4) is 0 Å². The Labute approximate surface area is 48.7 Å². The first-order valence-electron chi connectivity index (χ1n) is 1.87. The van der Waals surface area contributed by atoms with Gasteiger partial charge in [-0.25, -0.2) is 4.40 Å². The van der Waals surface area contributed by atoms with Crippen LogP contribution in [0, 0.1) is 0 Å². The lowest BCUT2D eigenvalue weighted by Crippen LogP contribution is -1.83. The number of hydrogen-bond donors (Lipinski definition) is 2. The number of rotatable bonds is 1. The first kappa shape index (κ1) is 6.56. The molecular formula is C4H8N2S. The molecule has 3 heteroatoms. The molecule has 0 heterocycles. The fraction of sp³-hybridized carbons (Fsp3) is 0.250. The van der Waals surface area contributed by atoms with Gasteiger partial charge in [-0.1, -0.05) is 0 Å². The largest absolute Gasteiger partial charge is 0.404 e. The average Bonchev–Trinajstić information content (AvgIpc) is 1.68. The quantitative estimate of drug-likeness (QED) is 0.385. The number of hydrogen-bond acceptors (Lipinski definition) is 3. The zero-order chi connectivity index (χ0) is 5.70. The van der Waals surface area contributed by atoms with Gasteiger partial charge in [-0.2, -0.15) is 0 Å². The molecule has 0 spiro atoms. The minimum absolute atomic E-state index is 0.912. The molecule has 0 rings (SSSR count). The van der Waals surface area contributed by atoms with Crippen LogP contribution in [0.25, 0.3) is 0 Å². The van der Waals surface area contributed by atoms with Crippen LogP contribution in [-0.4, -0.2) is 6.21 Å². The van der Waals surface area contributed by atoms with Crippen molar-refractivity contribution in [3.63, 3.8) is 0 Å². The van der Waals surface area contributed by atoms with E-state index in [-0.39, 0.29) is 0 Å². The van der Waals surface area contributed by atoms with E-state index in [4.69, 9.17) is 5.73 Å². The summed E-state index contributed by atoms with van der Waals surface area (Å²) in [5.41, 5.74) is 5.98. The van der Waals surface area contributed by atoms with Gasteiger partial charge in [0.2, 0.25) is 0 Å². The number of nitrogens with zero attached hydrogens (tertiary/aromatic N) is 1. The molecule has 0 aliphatic rings. The van der Waals surface area contributed by atoms with Crippen LogP contribution in [0.5, 0.6) is 0 Å². The van der Waals surface area contributed by atoms with Crippen LogP contribution in [-0.2, 0) is 0 Å². The Morgan fingerprint density at radius 2 is 2.43 bits per heavy atom. The minimum atomic E-state index is 0.912. The predicted molar refractivity (Wildman–Crippen MR) is 35.4 cm³/mol. The predicted octanol–water partition coefficient (Wildman–Crippen LogP) is 0.765. The lowest BCUT2D eigenvalue weighted by atomic mass is 10.4. The molecule has 7 heavy (non-hydrogen) atoms. The second-order valence-corrected chi connectivity index (χ2v) is 1.39. The first-order chi connectivity index (χ1) is 3.31. The van der Waals surface area contributed by atoms with E-state index >= 15 is 0 Å². The zero-order valence-electron chi connectivity index (χ0n) is 4.13. The van der Waals surface area contributed by atoms with Crippen molar-refractivity contribution in [3.8, 4) is 0 Å². The van der Waals surface area contributed by atoms with Crippen molar-refractivity contribution in [2.75, 3.05) is 0 Å². The van der Waals surface area contributed by atoms with Crippen LogP contribution >= 0.6 is 12.8 Å². The van der Waals surface area contributed by atoms with Crippen LogP contribution in [0.15, 0.2) is 16.2 Å². The highest BCUT2D eigenvalue weighted by Gasteiger charge is 1.72. The highest BCUT2D eigenvalue weighted by Crippen LogP contribution is 1.82. The Bertz CT molecular complexity index is 95.9. The van der Waals surface area contributed by atoms with E-state index in [2.05, 4.69) is 17.2 Å². The van der Waals surface area contributed by atoms with Crippen molar-refractivity contribution in [3.05, 3.63) is 11.8 Å². The van der Waals surface area contributed by atoms with Gasteiger partial charge in [0.1, 0.15) is 0 Å². The van der Waals surface area contributed by atoms with Crippen molar-refractivity contribution in [2.24, 2.45) is 10.1 Å². The standard InChI is InChI=1S/C4H8N2S/c1-4(2-5)3-6-7/h2-3,7H,5H2,1H3. The first-order valence-corrected chi connectivity index (χ1v) is 2.27. The second kappa shape index (κ2) is 3.74. The molecule has 40 valence electrons. The van der Waals surface area contributed by atoms with Gasteiger partial charge >= 0.3 is 0 Å². The van der Waals surface area contributed by atoms with Gasteiger partial charge in [0.25, 0.3) is 0 Å². The van der Waals surface area contributed by atoms with Crippen LogP contribution in [0.4, 0.5) is 0 Å². The maximum Gasteiger partial charge on any atom is 0.0391 e. The van der Waals surface area contributed by atoms with Crippen molar-refractivity contribution in [1.82, 2.24) is 0 Å². The summed E-state index contributed by atoms with van der Waals surface area (Å²) >= 11 is 3.59. The van der Waals surface area contributed by atoms with Gasteiger partial charge in [0.05, 0.1) is 0 Å². The summed E-state index contributed by atoms with van der Waals surface area (Å²) in [6, 6.07) is 0. The Morgan fingerprint density at radius 1 is 1.86 bits per heavy atom. The van der Waals surface area contributed by atoms with Gasteiger partial charge in [0.15, 0.2) is 0 Å². The molecule has 0 unspecified atom stereocenters. The molecule has 0 amide bonds. The molecule has 0 aromatic rings. The molecule has 0 atom stereocenters. The summed E-state index contributed by atoms with van der Waals surface area (Å²) in [6.07, 6.45) is 3.04. The number of thiol groups is 1. The third-order valence-electron chi connectivity index (χ3n) is 0.524. The highest BCUT2D eigenvalue weighted by atomic mass is 32.1. The minimum Gasteiger partial charge on any atom is -0.404 e. The van der Waals surface area contributed by atoms with E-state index < -0.39 is 0 Å². The van der Waals surface area contributed by atoms with Crippen LogP contribution in [0.2, 0.25) is 0 Å². The van der Waals surface area contributed by atoms with E-state index in [1.54, 1.807) is 6.21 Å². The topological polar surface area (TPSA) is 38.4 Å². The Morgan fingerprint density at radius 3 is 2.57 bits per heavy atom. The fourth-order valence-electron chi connectivity index (χ4n) is 0.134. The summed E-state index contributed by atoms with van der Waals surface area (Å²) in [4.78, 5) is 0. The van der Waals surface area contributed by atoms with Crippen molar-refractivity contribution >= 4 is 19.0 Å². The third-order valence-corrected chi connectivity index (χ3v) is 0.640. The lowest BCUT2D eigenvalue weighted by molar-refractivity contribution is 1.49. The molecule has 2 nitrogen and oxygen atoms in total. The van der Waals surface area contributed by atoms with E-state index in [0.29, 0.717) is 0 Å².